The Morgan fingerprint density at radius 1 is 1.14 bits per heavy atom. The Kier molecular flexibility index (Phi) is 8.24. The largest absolute Gasteiger partial charge is 0.316 e. The molecule has 0 aliphatic heterocycles. The number of benzene rings is 1. The maximum absolute atomic E-state index is 3.03. The van der Waals surface area contributed by atoms with Crippen LogP contribution in [-0.2, 0) is 6.42 Å². The molecule has 0 aliphatic carbocycles. The van der Waals surface area contributed by atoms with E-state index in [0.717, 1.165) is 26.1 Å². The first-order chi connectivity index (χ1) is 6.36. The van der Waals surface area contributed by atoms with Gasteiger partial charge in [0.15, 0.2) is 0 Å². The Bertz CT molecular complexity index is 219. The monoisotopic (exact) mass is 202 g/mol. The molecule has 0 heterocycles. The van der Waals surface area contributed by atoms with Crippen LogP contribution < -0.4 is 0 Å². The summed E-state index contributed by atoms with van der Waals surface area (Å²) >= 11 is 0. The van der Waals surface area contributed by atoms with Gasteiger partial charge in [-0.3, -0.25) is 0 Å². The van der Waals surface area contributed by atoms with E-state index in [9.17, 15) is 0 Å². The third-order valence-electron chi connectivity index (χ3n) is 2.40. The van der Waals surface area contributed by atoms with E-state index in [1.807, 2.05) is 12.1 Å². The fourth-order valence-electron chi connectivity index (χ4n) is 1.42. The van der Waals surface area contributed by atoms with E-state index < -0.39 is 0 Å². The molecule has 0 saturated heterocycles. The van der Waals surface area contributed by atoms with Gasteiger partial charge in [0.2, 0.25) is 0 Å². The molecule has 14 heavy (non-hydrogen) atoms. The summed E-state index contributed by atoms with van der Waals surface area (Å²) in [4.78, 5) is 2.44. The van der Waals surface area contributed by atoms with Crippen molar-refractivity contribution in [2.75, 3.05) is 19.6 Å². The summed E-state index contributed by atoms with van der Waals surface area (Å²) in [5, 5.41) is 0. The molecule has 0 bridgehead atoms. The van der Waals surface area contributed by atoms with E-state index in [2.05, 4.69) is 36.9 Å². The van der Waals surface area contributed by atoms with Gasteiger partial charge >= 0.3 is 23.1 Å². The molecule has 1 rings (SSSR count). The zero-order valence-electron chi connectivity index (χ0n) is 8.59. The first kappa shape index (κ1) is 13.9. The molecule has 0 N–H and O–H groups in total. The number of nitrogens with zero attached hydrogens (tertiary/aromatic N) is 1. The highest BCUT2D eigenvalue weighted by Crippen LogP contribution is 2.00. The lowest BCUT2D eigenvalue weighted by atomic mass is 10.1. The fraction of sp³-hybridized carbons (Fsp3) is 0.500. The molecule has 0 atom stereocenters. The lowest BCUT2D eigenvalue weighted by Crippen LogP contribution is -2.25. The van der Waals surface area contributed by atoms with Crippen molar-refractivity contribution in [1.82, 2.24) is 4.90 Å². The second kappa shape index (κ2) is 8.27. The van der Waals surface area contributed by atoms with Gasteiger partial charge in [0.25, 0.3) is 0 Å². The molecule has 1 aromatic rings. The van der Waals surface area contributed by atoms with Crippen LogP contribution in [0.4, 0.5) is 0 Å². The van der Waals surface area contributed by atoms with Crippen LogP contribution in [0.15, 0.2) is 24.3 Å². The average Bonchev–Trinajstić information content (AvgIpc) is 2.21. The summed E-state index contributed by atoms with van der Waals surface area (Å²) < 4.78 is 0. The quantitative estimate of drug-likeness (QED) is 0.654. The van der Waals surface area contributed by atoms with Crippen molar-refractivity contribution in [2.45, 2.75) is 20.3 Å². The summed E-state index contributed by atoms with van der Waals surface area (Å²) in [5.74, 6) is 0. The van der Waals surface area contributed by atoms with E-state index in [0.29, 0.717) is 0 Å². The van der Waals surface area contributed by atoms with Gasteiger partial charge in [-0.05, 0) is 31.1 Å². The highest BCUT2D eigenvalue weighted by Gasteiger charge is 1.98. The Labute approximate surface area is 104 Å². The van der Waals surface area contributed by atoms with Gasteiger partial charge in [-0.1, -0.05) is 38.1 Å². The van der Waals surface area contributed by atoms with Crippen LogP contribution in [0, 0.1) is 6.07 Å². The number of rotatable bonds is 5. The minimum Gasteiger partial charge on any atom is -0.304 e. The highest BCUT2D eigenvalue weighted by atomic mass is 24.3. The first-order valence-corrected chi connectivity index (χ1v) is 5.04. The van der Waals surface area contributed by atoms with E-state index in [1.54, 1.807) is 0 Å². The van der Waals surface area contributed by atoms with Gasteiger partial charge in [-0.25, -0.2) is 0 Å². The van der Waals surface area contributed by atoms with Gasteiger partial charge in [0.1, 0.15) is 0 Å². The topological polar surface area (TPSA) is 3.24 Å². The van der Waals surface area contributed by atoms with E-state index in [1.165, 1.54) is 5.56 Å². The van der Waals surface area contributed by atoms with Crippen LogP contribution >= 0.6 is 0 Å². The van der Waals surface area contributed by atoms with Crippen molar-refractivity contribution in [2.24, 2.45) is 0 Å². The molecule has 1 aromatic carbocycles. The molecule has 0 aromatic heterocycles. The predicted molar refractivity (Wildman–Crippen MR) is 65.3 cm³/mol. The summed E-state index contributed by atoms with van der Waals surface area (Å²) in [6, 6.07) is 11.3. The molecule has 2 heteroatoms. The molecule has 0 unspecified atom stereocenters. The average molecular weight is 203 g/mol. The molecule has 1 nitrogen and oxygen atoms in total. The Morgan fingerprint density at radius 2 is 1.71 bits per heavy atom. The van der Waals surface area contributed by atoms with Gasteiger partial charge in [0, 0.05) is 6.54 Å². The summed E-state index contributed by atoms with van der Waals surface area (Å²) in [6.07, 6.45) is 1.15. The molecule has 1 radical (unpaired) electrons. The summed E-state index contributed by atoms with van der Waals surface area (Å²) in [6.45, 7) is 7.88. The standard InChI is InChI=1S/C12H18N.Mg.2H/c1-3-13(4-2)11-10-12-8-6-5-7-9-12;;;/h6-9H,3-4,10-11H2,1-2H3;;;. The van der Waals surface area contributed by atoms with Gasteiger partial charge < -0.3 is 4.90 Å². The van der Waals surface area contributed by atoms with Crippen LogP contribution in [0.2, 0.25) is 0 Å². The van der Waals surface area contributed by atoms with Crippen LogP contribution in [0.3, 0.4) is 0 Å². The van der Waals surface area contributed by atoms with Gasteiger partial charge in [0.05, 0.1) is 0 Å². The fourth-order valence-corrected chi connectivity index (χ4v) is 1.42. The molecule has 0 fully saturated rings. The SMILES string of the molecule is CCN(CC)CCc1cc[c]cc1.[MgH2]. The van der Waals surface area contributed by atoms with Crippen LogP contribution in [0.1, 0.15) is 19.4 Å². The normalized spacial score (nSPS) is 9.93. The van der Waals surface area contributed by atoms with Crippen LogP contribution in [0.25, 0.3) is 0 Å². The number of likely N-dealkylation sites (N-methyl/N-ethyl adjacent to an activating group) is 1. The van der Waals surface area contributed by atoms with Crippen molar-refractivity contribution < 1.29 is 0 Å². The minimum absolute atomic E-state index is 0. The predicted octanol–water partition coefficient (Wildman–Crippen LogP) is 1.45. The third kappa shape index (κ3) is 4.98. The molecule has 0 amide bonds. The first-order valence-electron chi connectivity index (χ1n) is 5.04. The van der Waals surface area contributed by atoms with Crippen LogP contribution in [-0.4, -0.2) is 47.6 Å². The lowest BCUT2D eigenvalue weighted by molar-refractivity contribution is 0.308. The van der Waals surface area contributed by atoms with E-state index >= 15 is 0 Å². The van der Waals surface area contributed by atoms with Crippen molar-refractivity contribution in [3.05, 3.63) is 35.9 Å². The molecular weight excluding hydrogens is 182 g/mol. The molecule has 0 saturated carbocycles. The minimum atomic E-state index is 0. The Balaban J connectivity index is 0.00000169. The smallest absolute Gasteiger partial charge is 0.304 e. The van der Waals surface area contributed by atoms with Gasteiger partial charge in [-0.15, -0.1) is 0 Å². The number of hydrogen-bond acceptors (Lipinski definition) is 1. The van der Waals surface area contributed by atoms with E-state index in [-0.39, 0.29) is 23.1 Å². The third-order valence-corrected chi connectivity index (χ3v) is 2.40. The molecular formula is C12H20MgN. The summed E-state index contributed by atoms with van der Waals surface area (Å²) in [5.41, 5.74) is 1.41. The van der Waals surface area contributed by atoms with Crippen molar-refractivity contribution in [1.29, 1.82) is 0 Å². The Hall–Kier alpha value is -0.0538. The summed E-state index contributed by atoms with van der Waals surface area (Å²) in [7, 11) is 0. The zero-order chi connectivity index (χ0) is 9.52. The zero-order valence-corrected chi connectivity index (χ0v) is 8.59. The second-order valence-electron chi connectivity index (χ2n) is 3.19. The maximum Gasteiger partial charge on any atom is 0.316 e. The Morgan fingerprint density at radius 3 is 2.21 bits per heavy atom. The molecule has 0 spiro atoms. The highest BCUT2D eigenvalue weighted by molar-refractivity contribution is 5.75. The van der Waals surface area contributed by atoms with E-state index in [4.69, 9.17) is 0 Å². The van der Waals surface area contributed by atoms with Crippen molar-refractivity contribution >= 4 is 23.1 Å². The van der Waals surface area contributed by atoms with Gasteiger partial charge in [-0.2, -0.15) is 0 Å². The lowest BCUT2D eigenvalue weighted by Gasteiger charge is -2.17. The number of hydrogen-bond donors (Lipinski definition) is 0. The second-order valence-corrected chi connectivity index (χ2v) is 3.19. The van der Waals surface area contributed by atoms with Crippen molar-refractivity contribution in [3.8, 4) is 0 Å². The maximum atomic E-state index is 3.03. The van der Waals surface area contributed by atoms with Crippen LogP contribution in [0.5, 0.6) is 0 Å². The van der Waals surface area contributed by atoms with Crippen molar-refractivity contribution in [3.63, 3.8) is 0 Å². The molecule has 0 aliphatic rings. The molecule has 75 valence electrons.